The molecule has 184 valence electrons. The SMILES string of the molecule is COC(C)(C)C(=O)N(C(=O)[C@@H]1CCCN1)[C@H](Cc1ccc2ccccc2c1)C(=O)NCCCN. The van der Waals surface area contributed by atoms with Gasteiger partial charge in [0.05, 0.1) is 6.04 Å². The van der Waals surface area contributed by atoms with Gasteiger partial charge < -0.3 is 21.1 Å². The summed E-state index contributed by atoms with van der Waals surface area (Å²) in [6, 6.07) is 12.3. The first kappa shape index (κ1) is 25.8. The zero-order valence-corrected chi connectivity index (χ0v) is 20.3. The van der Waals surface area contributed by atoms with Crippen LogP contribution in [0.4, 0.5) is 0 Å². The molecule has 1 heterocycles. The second-order valence-corrected chi connectivity index (χ2v) is 9.21. The van der Waals surface area contributed by atoms with Crippen molar-refractivity contribution < 1.29 is 19.1 Å². The molecule has 0 spiro atoms. The molecule has 8 heteroatoms. The van der Waals surface area contributed by atoms with Crippen molar-refractivity contribution in [3.8, 4) is 0 Å². The monoisotopic (exact) mass is 468 g/mol. The molecular formula is C26H36N4O4. The number of fused-ring (bicyclic) bond motifs is 1. The van der Waals surface area contributed by atoms with E-state index in [-0.39, 0.29) is 12.3 Å². The van der Waals surface area contributed by atoms with Gasteiger partial charge in [0.2, 0.25) is 11.8 Å². The van der Waals surface area contributed by atoms with Crippen LogP contribution in [0.1, 0.15) is 38.7 Å². The molecule has 3 rings (SSSR count). The standard InChI is InChI=1S/C26H36N4O4/c1-26(2,34-3)25(33)30(24(32)21-10-6-14-28-21)22(23(31)29-15-7-13-27)17-18-11-12-19-8-4-5-9-20(19)16-18/h4-5,8-9,11-12,16,21-22,28H,6-7,10,13-15,17,27H2,1-3H3,(H,29,31)/t21-,22+/m0/s1. The third-order valence-electron chi connectivity index (χ3n) is 6.38. The van der Waals surface area contributed by atoms with Crippen molar-refractivity contribution >= 4 is 28.5 Å². The minimum absolute atomic E-state index is 0.198. The van der Waals surface area contributed by atoms with Crippen molar-refractivity contribution in [3.05, 3.63) is 48.0 Å². The van der Waals surface area contributed by atoms with E-state index in [1.807, 2.05) is 42.5 Å². The second-order valence-electron chi connectivity index (χ2n) is 9.21. The average Bonchev–Trinajstić information content (AvgIpc) is 3.38. The zero-order valence-electron chi connectivity index (χ0n) is 20.3. The lowest BCUT2D eigenvalue weighted by atomic mass is 9.97. The summed E-state index contributed by atoms with van der Waals surface area (Å²) >= 11 is 0. The number of hydrogen-bond donors (Lipinski definition) is 3. The molecule has 1 aliphatic rings. The Balaban J connectivity index is 2.01. The van der Waals surface area contributed by atoms with Crippen molar-refractivity contribution in [2.45, 2.75) is 57.2 Å². The fourth-order valence-electron chi connectivity index (χ4n) is 4.16. The molecule has 2 aromatic carbocycles. The van der Waals surface area contributed by atoms with E-state index >= 15 is 0 Å². The van der Waals surface area contributed by atoms with E-state index in [9.17, 15) is 14.4 Å². The molecule has 0 aliphatic carbocycles. The number of ether oxygens (including phenoxy) is 1. The maximum Gasteiger partial charge on any atom is 0.261 e. The fraction of sp³-hybridized carbons (Fsp3) is 0.500. The van der Waals surface area contributed by atoms with Crippen molar-refractivity contribution in [1.29, 1.82) is 0 Å². The molecule has 0 unspecified atom stereocenters. The predicted molar refractivity (Wildman–Crippen MR) is 132 cm³/mol. The molecule has 0 aromatic heterocycles. The molecule has 3 amide bonds. The van der Waals surface area contributed by atoms with Gasteiger partial charge in [0.1, 0.15) is 11.6 Å². The lowest BCUT2D eigenvalue weighted by Crippen LogP contribution is -2.61. The van der Waals surface area contributed by atoms with Crippen LogP contribution >= 0.6 is 0 Å². The first-order valence-electron chi connectivity index (χ1n) is 11.9. The lowest BCUT2D eigenvalue weighted by Gasteiger charge is -2.36. The second kappa shape index (κ2) is 11.6. The van der Waals surface area contributed by atoms with E-state index < -0.39 is 29.5 Å². The molecule has 1 fully saturated rings. The minimum Gasteiger partial charge on any atom is -0.369 e. The van der Waals surface area contributed by atoms with Gasteiger partial charge in [-0.1, -0.05) is 42.5 Å². The highest BCUT2D eigenvalue weighted by atomic mass is 16.5. The van der Waals surface area contributed by atoms with Crippen molar-refractivity contribution in [2.24, 2.45) is 5.73 Å². The third-order valence-corrected chi connectivity index (χ3v) is 6.38. The van der Waals surface area contributed by atoms with Gasteiger partial charge in [-0.2, -0.15) is 0 Å². The number of nitrogens with one attached hydrogen (secondary N) is 2. The average molecular weight is 469 g/mol. The smallest absolute Gasteiger partial charge is 0.261 e. The van der Waals surface area contributed by atoms with Crippen LogP contribution in [-0.2, 0) is 25.5 Å². The van der Waals surface area contributed by atoms with E-state index in [0.717, 1.165) is 27.7 Å². The van der Waals surface area contributed by atoms with Crippen LogP contribution < -0.4 is 16.4 Å². The largest absolute Gasteiger partial charge is 0.369 e. The molecule has 0 bridgehead atoms. The topological polar surface area (TPSA) is 114 Å². The highest BCUT2D eigenvalue weighted by Crippen LogP contribution is 2.23. The number of nitrogens with two attached hydrogens (primary N) is 1. The normalized spacial score (nSPS) is 16.9. The van der Waals surface area contributed by atoms with Gasteiger partial charge in [0.15, 0.2) is 0 Å². The van der Waals surface area contributed by atoms with Crippen LogP contribution in [0.25, 0.3) is 10.8 Å². The van der Waals surface area contributed by atoms with Crippen LogP contribution in [0.5, 0.6) is 0 Å². The van der Waals surface area contributed by atoms with Gasteiger partial charge in [-0.3, -0.25) is 19.3 Å². The minimum atomic E-state index is -1.27. The van der Waals surface area contributed by atoms with Gasteiger partial charge in [-0.05, 0) is 62.5 Å². The maximum atomic E-state index is 13.6. The number of carbonyl (C=O) groups is 3. The third kappa shape index (κ3) is 6.00. The molecule has 2 atom stereocenters. The highest BCUT2D eigenvalue weighted by Gasteiger charge is 2.44. The van der Waals surface area contributed by atoms with Crippen LogP contribution in [0.15, 0.2) is 42.5 Å². The number of hydrogen-bond acceptors (Lipinski definition) is 6. The Hall–Kier alpha value is -2.81. The number of imide groups is 1. The first-order chi connectivity index (χ1) is 16.3. The van der Waals surface area contributed by atoms with Crippen LogP contribution in [-0.4, -0.2) is 67.1 Å². The van der Waals surface area contributed by atoms with Gasteiger partial charge in [0.25, 0.3) is 5.91 Å². The molecule has 34 heavy (non-hydrogen) atoms. The predicted octanol–water partition coefficient (Wildman–Crippen LogP) is 1.75. The Morgan fingerprint density at radius 1 is 1.21 bits per heavy atom. The summed E-state index contributed by atoms with van der Waals surface area (Å²) < 4.78 is 5.42. The highest BCUT2D eigenvalue weighted by molar-refractivity contribution is 6.05. The van der Waals surface area contributed by atoms with E-state index in [1.165, 1.54) is 7.11 Å². The Morgan fingerprint density at radius 2 is 1.94 bits per heavy atom. The van der Waals surface area contributed by atoms with Gasteiger partial charge >= 0.3 is 0 Å². The molecule has 4 N–H and O–H groups in total. The van der Waals surface area contributed by atoms with Crippen molar-refractivity contribution in [2.75, 3.05) is 26.7 Å². The first-order valence-corrected chi connectivity index (χ1v) is 11.9. The Morgan fingerprint density at radius 3 is 2.59 bits per heavy atom. The van der Waals surface area contributed by atoms with Crippen molar-refractivity contribution in [1.82, 2.24) is 15.5 Å². The summed E-state index contributed by atoms with van der Waals surface area (Å²) in [6.45, 7) is 4.72. The molecular weight excluding hydrogens is 432 g/mol. The summed E-state index contributed by atoms with van der Waals surface area (Å²) in [5.41, 5.74) is 5.18. The molecule has 8 nitrogen and oxygen atoms in total. The summed E-state index contributed by atoms with van der Waals surface area (Å²) in [4.78, 5) is 41.8. The number of methoxy groups -OCH3 is 1. The van der Waals surface area contributed by atoms with Gasteiger partial charge in [-0.15, -0.1) is 0 Å². The van der Waals surface area contributed by atoms with Crippen molar-refractivity contribution in [3.63, 3.8) is 0 Å². The summed E-state index contributed by atoms with van der Waals surface area (Å²) in [6.07, 6.45) is 2.25. The van der Waals surface area contributed by atoms with E-state index in [1.54, 1.807) is 13.8 Å². The summed E-state index contributed by atoms with van der Waals surface area (Å²) in [7, 11) is 1.42. The van der Waals surface area contributed by atoms with E-state index in [2.05, 4.69) is 10.6 Å². The quantitative estimate of drug-likeness (QED) is 0.458. The summed E-state index contributed by atoms with van der Waals surface area (Å²) in [5.74, 6) is -1.31. The molecule has 0 saturated carbocycles. The summed E-state index contributed by atoms with van der Waals surface area (Å²) in [5, 5.41) is 8.14. The Labute approximate surface area is 201 Å². The van der Waals surface area contributed by atoms with Gasteiger partial charge in [-0.25, -0.2) is 0 Å². The van der Waals surface area contributed by atoms with E-state index in [4.69, 9.17) is 10.5 Å². The lowest BCUT2D eigenvalue weighted by molar-refractivity contribution is -0.164. The molecule has 1 aliphatic heterocycles. The fourth-order valence-corrected chi connectivity index (χ4v) is 4.16. The zero-order chi connectivity index (χ0) is 24.7. The molecule has 2 aromatic rings. The van der Waals surface area contributed by atoms with Crippen LogP contribution in [0, 0.1) is 0 Å². The number of carbonyl (C=O) groups excluding carboxylic acids is 3. The number of benzene rings is 2. The van der Waals surface area contributed by atoms with E-state index in [0.29, 0.717) is 32.5 Å². The Bertz CT molecular complexity index is 1020. The molecule has 0 radical (unpaired) electrons. The molecule has 1 saturated heterocycles. The maximum absolute atomic E-state index is 13.6. The van der Waals surface area contributed by atoms with Gasteiger partial charge in [0, 0.05) is 20.1 Å². The number of rotatable bonds is 10. The van der Waals surface area contributed by atoms with Crippen LogP contribution in [0.3, 0.4) is 0 Å². The Kier molecular flexibility index (Phi) is 8.77. The van der Waals surface area contributed by atoms with Crippen LogP contribution in [0.2, 0.25) is 0 Å². The number of nitrogens with zero attached hydrogens (tertiary/aromatic N) is 1. The number of amides is 3.